The van der Waals surface area contributed by atoms with Gasteiger partial charge in [-0.2, -0.15) is 0 Å². The monoisotopic (exact) mass is 288 g/mol. The molecule has 1 aliphatic carbocycles. The molecule has 0 saturated heterocycles. The van der Waals surface area contributed by atoms with Gasteiger partial charge >= 0.3 is 0 Å². The quantitative estimate of drug-likeness (QED) is 0.930. The highest BCUT2D eigenvalue weighted by molar-refractivity contribution is 5.97. The lowest BCUT2D eigenvalue weighted by Gasteiger charge is -2.39. The van der Waals surface area contributed by atoms with Gasteiger partial charge in [0.2, 0.25) is 5.91 Å². The van der Waals surface area contributed by atoms with Crippen molar-refractivity contribution in [2.24, 2.45) is 17.6 Å². The van der Waals surface area contributed by atoms with Crippen LogP contribution in [-0.2, 0) is 11.3 Å². The predicted molar refractivity (Wildman–Crippen MR) is 83.3 cm³/mol. The van der Waals surface area contributed by atoms with Gasteiger partial charge in [-0.15, -0.1) is 0 Å². The minimum Gasteiger partial charge on any atom is -0.486 e. The molecular weight excluding hydrogens is 264 g/mol. The number of fused-ring (bicyclic) bond motifs is 1. The third-order valence-electron chi connectivity index (χ3n) is 4.66. The first kappa shape index (κ1) is 14.4. The van der Waals surface area contributed by atoms with Crippen LogP contribution in [0.25, 0.3) is 0 Å². The molecular formula is C17H24N2O2. The van der Waals surface area contributed by atoms with Crippen molar-refractivity contribution < 1.29 is 9.53 Å². The Morgan fingerprint density at radius 3 is 2.76 bits per heavy atom. The van der Waals surface area contributed by atoms with Crippen molar-refractivity contribution in [3.8, 4) is 5.75 Å². The molecule has 4 heteroatoms. The maximum absolute atomic E-state index is 12.7. The summed E-state index contributed by atoms with van der Waals surface area (Å²) in [7, 11) is 0. The number of nitrogens with zero attached hydrogens (tertiary/aromatic N) is 1. The zero-order valence-electron chi connectivity index (χ0n) is 12.8. The first-order valence-corrected chi connectivity index (χ1v) is 7.91. The molecule has 1 heterocycles. The summed E-state index contributed by atoms with van der Waals surface area (Å²) in [6.07, 6.45) is 3.28. The number of rotatable bonds is 3. The number of benzene rings is 1. The molecule has 4 nitrogen and oxygen atoms in total. The van der Waals surface area contributed by atoms with Crippen LogP contribution in [0.15, 0.2) is 18.2 Å². The fourth-order valence-corrected chi connectivity index (χ4v) is 2.91. The van der Waals surface area contributed by atoms with Crippen LogP contribution in [0, 0.1) is 11.8 Å². The number of hydrogen-bond donors (Lipinski definition) is 1. The predicted octanol–water partition coefficient (Wildman–Crippen LogP) is 2.70. The van der Waals surface area contributed by atoms with E-state index >= 15 is 0 Å². The first-order valence-electron chi connectivity index (χ1n) is 7.91. The van der Waals surface area contributed by atoms with Crippen molar-refractivity contribution in [1.82, 2.24) is 0 Å². The molecule has 0 spiro atoms. The summed E-state index contributed by atoms with van der Waals surface area (Å²) >= 11 is 0. The number of amides is 1. The van der Waals surface area contributed by atoms with Crippen molar-refractivity contribution in [3.05, 3.63) is 23.8 Å². The zero-order chi connectivity index (χ0) is 15.0. The molecule has 2 aliphatic rings. The van der Waals surface area contributed by atoms with E-state index in [1.54, 1.807) is 0 Å². The van der Waals surface area contributed by atoms with Gasteiger partial charge in [-0.25, -0.2) is 0 Å². The lowest BCUT2D eigenvalue weighted by molar-refractivity contribution is -0.125. The second kappa shape index (κ2) is 5.68. The summed E-state index contributed by atoms with van der Waals surface area (Å²) in [5.41, 5.74) is 7.65. The van der Waals surface area contributed by atoms with Crippen LogP contribution < -0.4 is 15.4 Å². The second-order valence-electron chi connectivity index (χ2n) is 6.48. The van der Waals surface area contributed by atoms with E-state index < -0.39 is 0 Å². The van der Waals surface area contributed by atoms with E-state index in [9.17, 15) is 4.79 Å². The van der Waals surface area contributed by atoms with Gasteiger partial charge < -0.3 is 15.4 Å². The van der Waals surface area contributed by atoms with Crippen molar-refractivity contribution >= 4 is 11.6 Å². The van der Waals surface area contributed by atoms with E-state index in [0.717, 1.165) is 29.8 Å². The van der Waals surface area contributed by atoms with Gasteiger partial charge in [0.25, 0.3) is 0 Å². The third kappa shape index (κ3) is 2.64. The van der Waals surface area contributed by atoms with Crippen LogP contribution in [0.1, 0.15) is 38.7 Å². The van der Waals surface area contributed by atoms with Crippen LogP contribution in [0.2, 0.25) is 0 Å². The van der Waals surface area contributed by atoms with Crippen molar-refractivity contribution in [2.45, 2.75) is 45.8 Å². The number of nitrogens with two attached hydrogens (primary N) is 1. The molecule has 1 amide bonds. The fourth-order valence-electron chi connectivity index (χ4n) is 2.91. The van der Waals surface area contributed by atoms with Crippen LogP contribution in [0.4, 0.5) is 5.69 Å². The summed E-state index contributed by atoms with van der Waals surface area (Å²) in [6.45, 7) is 5.41. The zero-order valence-corrected chi connectivity index (χ0v) is 12.8. The van der Waals surface area contributed by atoms with Gasteiger partial charge in [-0.05, 0) is 36.5 Å². The molecule has 1 aromatic rings. The lowest BCUT2D eigenvalue weighted by Crippen LogP contribution is -2.48. The summed E-state index contributed by atoms with van der Waals surface area (Å²) in [5, 5.41) is 0. The summed E-state index contributed by atoms with van der Waals surface area (Å²) in [6, 6.07) is 5.94. The largest absolute Gasteiger partial charge is 0.486 e. The standard InChI is InChI=1S/C17H24N2O2/c1-11(2)16-10-19(17(20)13-4-3-5-13)14-7-6-12(9-18)8-15(14)21-16/h6-8,11,13,16H,3-5,9-10,18H2,1-2H3. The SMILES string of the molecule is CC(C)C1CN(C(=O)C2CCC2)c2ccc(CN)cc2O1. The van der Waals surface area contributed by atoms with Gasteiger partial charge in [0, 0.05) is 12.5 Å². The Labute approximate surface area is 126 Å². The van der Waals surface area contributed by atoms with Gasteiger partial charge in [0.15, 0.2) is 0 Å². The van der Waals surface area contributed by atoms with Gasteiger partial charge in [0.05, 0.1) is 12.2 Å². The smallest absolute Gasteiger partial charge is 0.230 e. The number of ether oxygens (including phenoxy) is 1. The third-order valence-corrected chi connectivity index (χ3v) is 4.66. The highest BCUT2D eigenvalue weighted by Crippen LogP contribution is 2.39. The number of carbonyl (C=O) groups is 1. The maximum Gasteiger partial charge on any atom is 0.230 e. The Morgan fingerprint density at radius 2 is 2.19 bits per heavy atom. The summed E-state index contributed by atoms with van der Waals surface area (Å²) in [4.78, 5) is 14.6. The number of hydrogen-bond acceptors (Lipinski definition) is 3. The molecule has 2 N–H and O–H groups in total. The van der Waals surface area contributed by atoms with Crippen LogP contribution in [0.3, 0.4) is 0 Å². The van der Waals surface area contributed by atoms with Crippen LogP contribution in [-0.4, -0.2) is 18.6 Å². The van der Waals surface area contributed by atoms with Gasteiger partial charge in [0.1, 0.15) is 11.9 Å². The minimum atomic E-state index is 0.0505. The molecule has 1 aliphatic heterocycles. The molecule has 0 radical (unpaired) electrons. The van der Waals surface area contributed by atoms with E-state index in [1.807, 2.05) is 23.1 Å². The second-order valence-corrected chi connectivity index (χ2v) is 6.48. The van der Waals surface area contributed by atoms with Gasteiger partial charge in [-0.1, -0.05) is 26.3 Å². The highest BCUT2D eigenvalue weighted by atomic mass is 16.5. The first-order chi connectivity index (χ1) is 10.1. The van der Waals surface area contributed by atoms with E-state index in [4.69, 9.17) is 10.5 Å². The van der Waals surface area contributed by atoms with E-state index in [0.29, 0.717) is 19.0 Å². The average Bonchev–Trinajstić information content (AvgIpc) is 2.43. The van der Waals surface area contributed by atoms with Crippen molar-refractivity contribution in [2.75, 3.05) is 11.4 Å². The van der Waals surface area contributed by atoms with E-state index in [-0.39, 0.29) is 17.9 Å². The molecule has 1 saturated carbocycles. The van der Waals surface area contributed by atoms with Crippen LogP contribution >= 0.6 is 0 Å². The van der Waals surface area contributed by atoms with Crippen molar-refractivity contribution in [1.29, 1.82) is 0 Å². The Kier molecular flexibility index (Phi) is 3.89. The summed E-state index contributed by atoms with van der Waals surface area (Å²) in [5.74, 6) is 1.64. The molecule has 3 rings (SSSR count). The molecule has 1 fully saturated rings. The molecule has 0 bridgehead atoms. The molecule has 1 unspecified atom stereocenters. The average molecular weight is 288 g/mol. The topological polar surface area (TPSA) is 55.6 Å². The molecule has 21 heavy (non-hydrogen) atoms. The van der Waals surface area contributed by atoms with Crippen molar-refractivity contribution in [3.63, 3.8) is 0 Å². The summed E-state index contributed by atoms with van der Waals surface area (Å²) < 4.78 is 6.10. The fraction of sp³-hybridized carbons (Fsp3) is 0.588. The van der Waals surface area contributed by atoms with E-state index in [2.05, 4.69) is 13.8 Å². The van der Waals surface area contributed by atoms with Crippen LogP contribution in [0.5, 0.6) is 5.75 Å². The Morgan fingerprint density at radius 1 is 1.43 bits per heavy atom. The Bertz CT molecular complexity index is 538. The van der Waals surface area contributed by atoms with Gasteiger partial charge in [-0.3, -0.25) is 4.79 Å². The Hall–Kier alpha value is -1.55. The minimum absolute atomic E-state index is 0.0505. The Balaban J connectivity index is 1.93. The molecule has 114 valence electrons. The highest BCUT2D eigenvalue weighted by Gasteiger charge is 2.36. The molecule has 1 aromatic carbocycles. The molecule has 0 aromatic heterocycles. The maximum atomic E-state index is 12.7. The number of carbonyl (C=O) groups excluding carboxylic acids is 1. The van der Waals surface area contributed by atoms with E-state index in [1.165, 1.54) is 6.42 Å². The number of anilines is 1. The normalized spacial score (nSPS) is 21.7. The molecule has 1 atom stereocenters. The lowest BCUT2D eigenvalue weighted by atomic mass is 9.84.